The van der Waals surface area contributed by atoms with Crippen LogP contribution in [0.4, 0.5) is 18.9 Å². The molecule has 3 aromatic rings. The number of aromatic nitrogens is 1. The van der Waals surface area contributed by atoms with E-state index in [1.807, 2.05) is 0 Å². The van der Waals surface area contributed by atoms with Crippen molar-refractivity contribution in [3.63, 3.8) is 0 Å². The van der Waals surface area contributed by atoms with E-state index in [1.165, 1.54) is 7.11 Å². The topological polar surface area (TPSA) is 51.2 Å². The molecular formula is C19H15F3N2O2S. The summed E-state index contributed by atoms with van der Waals surface area (Å²) in [6.07, 6.45) is -4.74. The van der Waals surface area contributed by atoms with E-state index < -0.39 is 22.7 Å². The second-order valence-corrected chi connectivity index (χ2v) is 6.72. The highest BCUT2D eigenvalue weighted by atomic mass is 32.1. The fourth-order valence-electron chi connectivity index (χ4n) is 2.47. The number of aryl methyl sites for hydroxylation is 1. The molecule has 1 N–H and O–H groups in total. The highest BCUT2D eigenvalue weighted by Gasteiger charge is 2.40. The molecule has 0 aliphatic rings. The van der Waals surface area contributed by atoms with Gasteiger partial charge in [0.05, 0.1) is 12.8 Å². The number of amides is 1. The Morgan fingerprint density at radius 3 is 2.48 bits per heavy atom. The Morgan fingerprint density at radius 1 is 1.15 bits per heavy atom. The number of carbonyl (C=O) groups is 1. The monoisotopic (exact) mass is 392 g/mol. The van der Waals surface area contributed by atoms with E-state index in [9.17, 15) is 18.0 Å². The van der Waals surface area contributed by atoms with Crippen LogP contribution in [0.15, 0.2) is 48.5 Å². The highest BCUT2D eigenvalue weighted by molar-refractivity contribution is 7.17. The van der Waals surface area contributed by atoms with Gasteiger partial charge in [-0.1, -0.05) is 36.4 Å². The van der Waals surface area contributed by atoms with Crippen LogP contribution in [0.5, 0.6) is 5.75 Å². The van der Waals surface area contributed by atoms with Crippen LogP contribution in [-0.2, 0) is 6.18 Å². The van der Waals surface area contributed by atoms with Crippen LogP contribution in [0.25, 0.3) is 10.6 Å². The molecule has 8 heteroatoms. The molecule has 0 unspecified atom stereocenters. The number of nitrogens with zero attached hydrogens (tertiary/aromatic N) is 1. The number of ether oxygens (including phenoxy) is 1. The number of hydrogen-bond acceptors (Lipinski definition) is 4. The highest BCUT2D eigenvalue weighted by Crippen LogP contribution is 2.38. The van der Waals surface area contributed by atoms with Crippen LogP contribution in [-0.4, -0.2) is 18.0 Å². The Hall–Kier alpha value is -2.87. The van der Waals surface area contributed by atoms with Gasteiger partial charge in [0, 0.05) is 5.56 Å². The normalized spacial score (nSPS) is 11.3. The molecule has 4 nitrogen and oxygen atoms in total. The van der Waals surface area contributed by atoms with Crippen molar-refractivity contribution in [1.29, 1.82) is 0 Å². The second-order valence-electron chi connectivity index (χ2n) is 5.72. The molecule has 0 aliphatic carbocycles. The predicted octanol–water partition coefficient (Wildman–Crippen LogP) is 5.40. The van der Waals surface area contributed by atoms with E-state index in [4.69, 9.17) is 4.74 Å². The zero-order chi connectivity index (χ0) is 19.6. The maximum absolute atomic E-state index is 13.4. The van der Waals surface area contributed by atoms with Crippen molar-refractivity contribution in [2.45, 2.75) is 13.1 Å². The first-order valence-corrected chi connectivity index (χ1v) is 8.70. The Kier molecular flexibility index (Phi) is 5.18. The molecule has 0 bridgehead atoms. The predicted molar refractivity (Wildman–Crippen MR) is 98.2 cm³/mol. The molecule has 3 rings (SSSR count). The minimum Gasteiger partial charge on any atom is -0.495 e. The van der Waals surface area contributed by atoms with Crippen LogP contribution in [0, 0.1) is 6.92 Å². The summed E-state index contributed by atoms with van der Waals surface area (Å²) in [6.45, 7) is 1.80. The number of nitrogens with one attached hydrogen (secondary N) is 1. The number of rotatable bonds is 4. The zero-order valence-electron chi connectivity index (χ0n) is 14.4. The van der Waals surface area contributed by atoms with E-state index in [1.54, 1.807) is 55.5 Å². The number of benzene rings is 2. The first kappa shape index (κ1) is 18.9. The summed E-state index contributed by atoms with van der Waals surface area (Å²) in [5.74, 6) is -0.527. The van der Waals surface area contributed by atoms with Gasteiger partial charge >= 0.3 is 6.18 Å². The van der Waals surface area contributed by atoms with Gasteiger partial charge in [0.15, 0.2) is 5.69 Å². The largest absolute Gasteiger partial charge is 0.495 e. The molecule has 1 amide bonds. The van der Waals surface area contributed by atoms with Gasteiger partial charge in [-0.2, -0.15) is 13.2 Å². The van der Waals surface area contributed by atoms with Crippen molar-refractivity contribution in [2.24, 2.45) is 0 Å². The minimum atomic E-state index is -4.74. The molecule has 0 aliphatic heterocycles. The Balaban J connectivity index is 2.01. The summed E-state index contributed by atoms with van der Waals surface area (Å²) in [6, 6.07) is 13.5. The first-order chi connectivity index (χ1) is 12.8. The van der Waals surface area contributed by atoms with Gasteiger partial charge in [0.2, 0.25) is 0 Å². The zero-order valence-corrected chi connectivity index (χ0v) is 15.2. The van der Waals surface area contributed by atoms with Gasteiger partial charge in [-0.25, -0.2) is 4.98 Å². The molecule has 1 heterocycles. The average Bonchev–Trinajstić information content (AvgIpc) is 3.09. The van der Waals surface area contributed by atoms with Gasteiger partial charge in [-0.05, 0) is 24.6 Å². The lowest BCUT2D eigenvalue weighted by Gasteiger charge is -2.11. The van der Waals surface area contributed by atoms with Crippen molar-refractivity contribution in [2.75, 3.05) is 12.4 Å². The number of alkyl halides is 3. The van der Waals surface area contributed by atoms with Crippen molar-refractivity contribution in [3.05, 3.63) is 64.7 Å². The Morgan fingerprint density at radius 2 is 1.85 bits per heavy atom. The maximum atomic E-state index is 13.4. The summed E-state index contributed by atoms with van der Waals surface area (Å²) in [5.41, 5.74) is 0.442. The van der Waals surface area contributed by atoms with Crippen LogP contribution in [0.3, 0.4) is 0 Å². The molecular weight excluding hydrogens is 377 g/mol. The summed E-state index contributed by atoms with van der Waals surface area (Å²) in [7, 11) is 1.42. The quantitative estimate of drug-likeness (QED) is 0.647. The number of carbonyl (C=O) groups excluding carboxylic acids is 1. The van der Waals surface area contributed by atoms with Gasteiger partial charge < -0.3 is 10.1 Å². The van der Waals surface area contributed by atoms with Crippen LogP contribution < -0.4 is 10.1 Å². The summed E-state index contributed by atoms with van der Waals surface area (Å²) in [5, 5.41) is 2.63. The van der Waals surface area contributed by atoms with Crippen molar-refractivity contribution >= 4 is 22.9 Å². The molecule has 0 atom stereocenters. The van der Waals surface area contributed by atoms with E-state index in [-0.39, 0.29) is 5.01 Å². The number of hydrogen-bond donors (Lipinski definition) is 1. The van der Waals surface area contributed by atoms with E-state index in [2.05, 4.69) is 10.3 Å². The lowest BCUT2D eigenvalue weighted by molar-refractivity contribution is -0.140. The molecule has 27 heavy (non-hydrogen) atoms. The van der Waals surface area contributed by atoms with Crippen LogP contribution in [0.1, 0.15) is 20.9 Å². The molecule has 0 saturated heterocycles. The fraction of sp³-hybridized carbons (Fsp3) is 0.158. The second kappa shape index (κ2) is 7.40. The maximum Gasteiger partial charge on any atom is 0.435 e. The summed E-state index contributed by atoms with van der Waals surface area (Å²) < 4.78 is 45.4. The molecule has 0 spiro atoms. The van der Waals surface area contributed by atoms with Gasteiger partial charge in [0.1, 0.15) is 15.6 Å². The van der Waals surface area contributed by atoms with Gasteiger partial charge in [0.25, 0.3) is 5.91 Å². The van der Waals surface area contributed by atoms with E-state index in [0.29, 0.717) is 28.3 Å². The third-order valence-corrected chi connectivity index (χ3v) is 4.83. The molecule has 0 radical (unpaired) electrons. The molecule has 0 saturated carbocycles. The SMILES string of the molecule is COc1ccc(C)cc1NC(=O)c1sc(-c2ccccc2)nc1C(F)(F)F. The summed E-state index contributed by atoms with van der Waals surface area (Å²) >= 11 is 0.701. The smallest absolute Gasteiger partial charge is 0.435 e. The van der Waals surface area contributed by atoms with Crippen LogP contribution in [0.2, 0.25) is 0 Å². The Labute approximate surface area is 157 Å². The Bertz CT molecular complexity index is 969. The number of anilines is 1. The standard InChI is InChI=1S/C19H15F3N2O2S/c1-11-8-9-14(26-2)13(10-11)23-17(25)15-16(19(20,21)22)24-18(27-15)12-6-4-3-5-7-12/h3-10H,1-2H3,(H,23,25). The van der Waals surface area contributed by atoms with Crippen molar-refractivity contribution < 1.29 is 22.7 Å². The third kappa shape index (κ3) is 4.11. The molecule has 1 aromatic heterocycles. The molecule has 140 valence electrons. The average molecular weight is 392 g/mol. The van der Waals surface area contributed by atoms with Crippen LogP contribution >= 0.6 is 11.3 Å². The fourth-order valence-corrected chi connectivity index (χ4v) is 3.45. The first-order valence-electron chi connectivity index (χ1n) is 7.89. The lowest BCUT2D eigenvalue weighted by atomic mass is 10.2. The van der Waals surface area contributed by atoms with Gasteiger partial charge in [-0.3, -0.25) is 4.79 Å². The van der Waals surface area contributed by atoms with E-state index >= 15 is 0 Å². The third-order valence-electron chi connectivity index (χ3n) is 3.73. The molecule has 2 aromatic carbocycles. The number of halogens is 3. The van der Waals surface area contributed by atoms with E-state index in [0.717, 1.165) is 5.56 Å². The van der Waals surface area contributed by atoms with Crippen molar-refractivity contribution in [3.8, 4) is 16.3 Å². The van der Waals surface area contributed by atoms with Gasteiger partial charge in [-0.15, -0.1) is 11.3 Å². The number of thiazole rings is 1. The number of methoxy groups -OCH3 is 1. The molecule has 0 fully saturated rings. The summed E-state index contributed by atoms with van der Waals surface area (Å²) in [4.78, 5) is 15.8. The minimum absolute atomic E-state index is 0.129. The lowest BCUT2D eigenvalue weighted by Crippen LogP contribution is -2.17. The van der Waals surface area contributed by atoms with Crippen molar-refractivity contribution in [1.82, 2.24) is 4.98 Å².